The molecule has 0 aromatic carbocycles. The molecule has 1 fully saturated rings. The summed E-state index contributed by atoms with van der Waals surface area (Å²) in [4.78, 5) is 0. The highest BCUT2D eigenvalue weighted by Crippen LogP contribution is 2.29. The zero-order chi connectivity index (χ0) is 9.03. The normalized spacial score (nSPS) is 25.8. The van der Waals surface area contributed by atoms with E-state index in [-0.39, 0.29) is 12.0 Å². The first kappa shape index (κ1) is 10.0. The van der Waals surface area contributed by atoms with Crippen molar-refractivity contribution in [1.82, 2.24) is 0 Å². The van der Waals surface area contributed by atoms with Crippen LogP contribution >= 0.6 is 0 Å². The van der Waals surface area contributed by atoms with Crippen LogP contribution in [-0.4, -0.2) is 24.9 Å². The third kappa shape index (κ3) is 3.11. The Morgan fingerprint density at radius 2 is 2.25 bits per heavy atom. The van der Waals surface area contributed by atoms with Crippen LogP contribution in [0, 0.1) is 11.3 Å². The molecule has 0 aromatic heterocycles. The Bertz CT molecular complexity index is 126. The lowest BCUT2D eigenvalue weighted by Gasteiger charge is -2.30. The van der Waals surface area contributed by atoms with E-state index in [4.69, 9.17) is 9.84 Å². The summed E-state index contributed by atoms with van der Waals surface area (Å²) in [6.45, 7) is 6.33. The van der Waals surface area contributed by atoms with Crippen LogP contribution in [0.4, 0.5) is 0 Å². The fraction of sp³-hybridized carbons (Fsp3) is 1.00. The van der Waals surface area contributed by atoms with Gasteiger partial charge in [0.25, 0.3) is 0 Å². The second-order valence-electron chi connectivity index (χ2n) is 4.61. The summed E-state index contributed by atoms with van der Waals surface area (Å²) in [7, 11) is 0. The van der Waals surface area contributed by atoms with Crippen LogP contribution in [0.25, 0.3) is 0 Å². The molecule has 0 unspecified atom stereocenters. The third-order valence-corrected chi connectivity index (χ3v) is 2.52. The lowest BCUT2D eigenvalue weighted by Crippen LogP contribution is -2.26. The second kappa shape index (κ2) is 4.24. The molecule has 0 saturated carbocycles. The van der Waals surface area contributed by atoms with E-state index < -0.39 is 0 Å². The first-order valence-electron chi connectivity index (χ1n) is 4.83. The molecule has 0 amide bonds. The van der Waals surface area contributed by atoms with E-state index in [0.29, 0.717) is 5.92 Å². The van der Waals surface area contributed by atoms with Crippen LogP contribution < -0.4 is 0 Å². The van der Waals surface area contributed by atoms with Gasteiger partial charge in [-0.05, 0) is 30.6 Å². The van der Waals surface area contributed by atoms with Gasteiger partial charge in [-0.3, -0.25) is 0 Å². The van der Waals surface area contributed by atoms with Gasteiger partial charge in [-0.1, -0.05) is 13.8 Å². The molecule has 0 bridgehead atoms. The van der Waals surface area contributed by atoms with Crippen molar-refractivity contribution in [2.75, 3.05) is 19.8 Å². The monoisotopic (exact) mass is 172 g/mol. The molecule has 1 saturated heterocycles. The standard InChI is InChI=1S/C10H20O2/c1-10(2,8-11)6-9-4-3-5-12-7-9/h9,11H,3-8H2,1-2H3/t9-/m0/s1. The molecule has 1 aliphatic heterocycles. The maximum absolute atomic E-state index is 9.08. The SMILES string of the molecule is CC(C)(CO)C[C@@H]1CCCOC1. The molecule has 2 nitrogen and oxygen atoms in total. The van der Waals surface area contributed by atoms with Crippen molar-refractivity contribution in [2.24, 2.45) is 11.3 Å². The highest BCUT2D eigenvalue weighted by Gasteiger charge is 2.24. The first-order valence-corrected chi connectivity index (χ1v) is 4.83. The van der Waals surface area contributed by atoms with E-state index in [2.05, 4.69) is 13.8 Å². The quantitative estimate of drug-likeness (QED) is 0.703. The predicted octanol–water partition coefficient (Wildman–Crippen LogP) is 1.82. The summed E-state index contributed by atoms with van der Waals surface area (Å²) >= 11 is 0. The van der Waals surface area contributed by atoms with Crippen LogP contribution in [0.1, 0.15) is 33.1 Å². The Morgan fingerprint density at radius 3 is 2.75 bits per heavy atom. The minimum atomic E-state index is 0.0748. The Labute approximate surface area is 74.9 Å². The van der Waals surface area contributed by atoms with Gasteiger partial charge < -0.3 is 9.84 Å². The van der Waals surface area contributed by atoms with Crippen molar-refractivity contribution >= 4 is 0 Å². The van der Waals surface area contributed by atoms with Crippen LogP contribution in [0.3, 0.4) is 0 Å². The number of aliphatic hydroxyl groups is 1. The van der Waals surface area contributed by atoms with Crippen LogP contribution in [0.15, 0.2) is 0 Å². The zero-order valence-corrected chi connectivity index (χ0v) is 8.18. The molecular formula is C10H20O2. The van der Waals surface area contributed by atoms with Crippen LogP contribution in [0.5, 0.6) is 0 Å². The van der Waals surface area contributed by atoms with E-state index >= 15 is 0 Å². The molecule has 1 atom stereocenters. The molecule has 0 radical (unpaired) electrons. The van der Waals surface area contributed by atoms with Gasteiger partial charge in [-0.25, -0.2) is 0 Å². The van der Waals surface area contributed by atoms with Gasteiger partial charge in [0.15, 0.2) is 0 Å². The molecule has 72 valence electrons. The van der Waals surface area contributed by atoms with Crippen molar-refractivity contribution < 1.29 is 9.84 Å². The van der Waals surface area contributed by atoms with Crippen molar-refractivity contribution in [3.63, 3.8) is 0 Å². The molecule has 1 rings (SSSR count). The topological polar surface area (TPSA) is 29.5 Å². The average Bonchev–Trinajstić information content (AvgIpc) is 2.06. The van der Waals surface area contributed by atoms with Crippen molar-refractivity contribution in [2.45, 2.75) is 33.1 Å². The van der Waals surface area contributed by atoms with E-state index in [9.17, 15) is 0 Å². The van der Waals surface area contributed by atoms with Crippen molar-refractivity contribution in [1.29, 1.82) is 0 Å². The summed E-state index contributed by atoms with van der Waals surface area (Å²) in [5, 5.41) is 9.08. The molecule has 1 heterocycles. The van der Waals surface area contributed by atoms with Gasteiger partial charge in [-0.15, -0.1) is 0 Å². The first-order chi connectivity index (χ1) is 5.64. The zero-order valence-electron chi connectivity index (χ0n) is 8.18. The lowest BCUT2D eigenvalue weighted by molar-refractivity contribution is 0.0257. The molecule has 2 heteroatoms. The fourth-order valence-corrected chi connectivity index (χ4v) is 1.81. The maximum atomic E-state index is 9.08. The number of rotatable bonds is 3. The second-order valence-corrected chi connectivity index (χ2v) is 4.61. The summed E-state index contributed by atoms with van der Waals surface area (Å²) in [5.74, 6) is 0.667. The number of hydrogen-bond acceptors (Lipinski definition) is 2. The van der Waals surface area contributed by atoms with E-state index in [1.165, 1.54) is 12.8 Å². The van der Waals surface area contributed by atoms with Gasteiger partial charge in [0, 0.05) is 19.8 Å². The van der Waals surface area contributed by atoms with Crippen molar-refractivity contribution in [3.05, 3.63) is 0 Å². The van der Waals surface area contributed by atoms with E-state index in [1.807, 2.05) is 0 Å². The van der Waals surface area contributed by atoms with Gasteiger partial charge in [0.2, 0.25) is 0 Å². The molecule has 0 spiro atoms. The Morgan fingerprint density at radius 1 is 1.50 bits per heavy atom. The van der Waals surface area contributed by atoms with Crippen LogP contribution in [-0.2, 0) is 4.74 Å². The molecule has 12 heavy (non-hydrogen) atoms. The number of aliphatic hydroxyl groups excluding tert-OH is 1. The Balaban J connectivity index is 2.28. The smallest absolute Gasteiger partial charge is 0.0494 e. The molecule has 1 N–H and O–H groups in total. The Kier molecular flexibility index (Phi) is 3.53. The Hall–Kier alpha value is -0.0800. The van der Waals surface area contributed by atoms with Crippen LogP contribution in [0.2, 0.25) is 0 Å². The minimum absolute atomic E-state index is 0.0748. The minimum Gasteiger partial charge on any atom is -0.396 e. The average molecular weight is 172 g/mol. The summed E-state index contributed by atoms with van der Waals surface area (Å²) in [6.07, 6.45) is 3.54. The van der Waals surface area contributed by atoms with Gasteiger partial charge >= 0.3 is 0 Å². The van der Waals surface area contributed by atoms with Crippen molar-refractivity contribution in [3.8, 4) is 0 Å². The van der Waals surface area contributed by atoms with E-state index in [0.717, 1.165) is 19.6 Å². The third-order valence-electron chi connectivity index (χ3n) is 2.52. The highest BCUT2D eigenvalue weighted by molar-refractivity contribution is 4.74. The van der Waals surface area contributed by atoms with Gasteiger partial charge in [-0.2, -0.15) is 0 Å². The van der Waals surface area contributed by atoms with Gasteiger partial charge in [0.1, 0.15) is 0 Å². The molecule has 0 aliphatic carbocycles. The number of hydrogen-bond donors (Lipinski definition) is 1. The number of ether oxygens (including phenoxy) is 1. The van der Waals surface area contributed by atoms with E-state index in [1.54, 1.807) is 0 Å². The lowest BCUT2D eigenvalue weighted by atomic mass is 9.81. The summed E-state index contributed by atoms with van der Waals surface area (Å²) in [5.41, 5.74) is 0.0748. The molecular weight excluding hydrogens is 152 g/mol. The summed E-state index contributed by atoms with van der Waals surface area (Å²) in [6, 6.07) is 0. The van der Waals surface area contributed by atoms with Gasteiger partial charge in [0.05, 0.1) is 0 Å². The summed E-state index contributed by atoms with van der Waals surface area (Å²) < 4.78 is 5.39. The maximum Gasteiger partial charge on any atom is 0.0494 e. The molecule has 0 aromatic rings. The highest BCUT2D eigenvalue weighted by atomic mass is 16.5. The predicted molar refractivity (Wildman–Crippen MR) is 49.0 cm³/mol. The largest absolute Gasteiger partial charge is 0.396 e. The molecule has 1 aliphatic rings. The fourth-order valence-electron chi connectivity index (χ4n) is 1.81.